The van der Waals surface area contributed by atoms with Gasteiger partial charge >= 0.3 is 11.9 Å². The number of amides is 2. The minimum Gasteiger partial charge on any atom is -0.493 e. The van der Waals surface area contributed by atoms with E-state index in [-0.39, 0.29) is 31.6 Å². The van der Waals surface area contributed by atoms with E-state index < -0.39 is 53.7 Å². The van der Waals surface area contributed by atoms with Crippen LogP contribution in [0, 0.1) is 23.7 Å². The second-order valence-corrected chi connectivity index (χ2v) is 13.7. The van der Waals surface area contributed by atoms with Gasteiger partial charge in [-0.1, -0.05) is 43.2 Å². The summed E-state index contributed by atoms with van der Waals surface area (Å²) in [5, 5.41) is 0. The molecule has 266 valence electrons. The summed E-state index contributed by atoms with van der Waals surface area (Å²) in [6.07, 6.45) is 2.09. The fourth-order valence-electron chi connectivity index (χ4n) is 8.76. The fraction of sp³-hybridized carbons (Fsp3) is 0.436. The summed E-state index contributed by atoms with van der Waals surface area (Å²) in [6, 6.07) is 15.3. The van der Waals surface area contributed by atoms with Crippen LogP contribution in [0.4, 0.5) is 0 Å². The smallest absolute Gasteiger partial charge is 0.330 e. The summed E-state index contributed by atoms with van der Waals surface area (Å²) >= 11 is 0. The first-order chi connectivity index (χ1) is 24.8. The Balaban J connectivity index is 1.22. The molecule has 0 spiro atoms. The maximum Gasteiger partial charge on any atom is 0.330 e. The van der Waals surface area contributed by atoms with Gasteiger partial charge in [0.05, 0.1) is 45.7 Å². The normalized spacial score (nSPS) is 26.5. The summed E-state index contributed by atoms with van der Waals surface area (Å²) in [7, 11) is 4.56. The van der Waals surface area contributed by atoms with Crippen molar-refractivity contribution in [2.24, 2.45) is 23.7 Å². The second-order valence-electron chi connectivity index (χ2n) is 13.7. The molecule has 12 heteroatoms. The molecule has 0 bridgehead atoms. The number of cyclic esters (lactones) is 1. The van der Waals surface area contributed by atoms with E-state index >= 15 is 0 Å². The molecule has 8 rings (SSSR count). The lowest BCUT2D eigenvalue weighted by Gasteiger charge is -2.39. The fourth-order valence-corrected chi connectivity index (χ4v) is 8.76. The van der Waals surface area contributed by atoms with Crippen LogP contribution in [0.15, 0.2) is 54.6 Å². The van der Waals surface area contributed by atoms with E-state index in [0.29, 0.717) is 58.3 Å². The van der Waals surface area contributed by atoms with E-state index in [1.54, 1.807) is 18.2 Å². The van der Waals surface area contributed by atoms with Crippen LogP contribution in [0.5, 0.6) is 28.7 Å². The summed E-state index contributed by atoms with van der Waals surface area (Å²) in [6.45, 7) is -0.00156. The van der Waals surface area contributed by atoms with Crippen molar-refractivity contribution in [2.75, 3.05) is 34.7 Å². The Bertz CT molecular complexity index is 1840. The molecule has 2 amide bonds. The Labute approximate surface area is 294 Å². The monoisotopic (exact) mass is 697 g/mol. The van der Waals surface area contributed by atoms with E-state index in [0.717, 1.165) is 23.3 Å². The van der Waals surface area contributed by atoms with Gasteiger partial charge in [0, 0.05) is 23.8 Å². The molecule has 3 aromatic carbocycles. The highest BCUT2D eigenvalue weighted by atomic mass is 16.7. The van der Waals surface area contributed by atoms with Crippen LogP contribution in [0.3, 0.4) is 0 Å². The van der Waals surface area contributed by atoms with Gasteiger partial charge in [0.15, 0.2) is 23.0 Å². The van der Waals surface area contributed by atoms with E-state index in [4.69, 9.17) is 33.2 Å². The molecule has 12 nitrogen and oxygen atoms in total. The number of likely N-dealkylation sites (tertiary alicyclic amines) is 1. The number of hydrogen-bond acceptors (Lipinski definition) is 11. The van der Waals surface area contributed by atoms with Crippen molar-refractivity contribution in [3.05, 3.63) is 76.9 Å². The molecule has 3 unspecified atom stereocenters. The van der Waals surface area contributed by atoms with Gasteiger partial charge in [-0.15, -0.1) is 0 Å². The van der Waals surface area contributed by atoms with Gasteiger partial charge < -0.3 is 33.2 Å². The third-order valence-corrected chi connectivity index (χ3v) is 11.1. The minimum atomic E-state index is -1.19. The van der Waals surface area contributed by atoms with Gasteiger partial charge in [-0.05, 0) is 53.8 Å². The van der Waals surface area contributed by atoms with Crippen molar-refractivity contribution >= 4 is 23.8 Å². The Hall–Kier alpha value is -5.26. The van der Waals surface area contributed by atoms with Crippen molar-refractivity contribution in [1.29, 1.82) is 0 Å². The molecule has 3 aliphatic heterocycles. The molecular weight excluding hydrogens is 658 g/mol. The maximum absolute atomic E-state index is 14.6. The zero-order valence-electron chi connectivity index (χ0n) is 28.6. The number of carbonyl (C=O) groups excluding carboxylic acids is 4. The standard InChI is InChI=1S/C39H39NO11/c1-45-30-14-21(15-31(46-2)35(30)47-3)32-24-16-28-29(50-19-49-28)17-25(24)34(26-18-48-39(44)33(26)32)51-38(43)27(13-20-9-5-4-6-10-20)40-36(41)22-11-7-8-12-23(22)37(40)42/h4-6,9-10,14-17,22-23,26-27,32-34H,7-8,11-13,18-19H2,1-3H3/t22?,23?,26-,27+,32?,33-,34-/m0/s1. The molecule has 3 fully saturated rings. The molecule has 5 aliphatic rings. The lowest BCUT2D eigenvalue weighted by Crippen LogP contribution is -2.48. The molecule has 0 aromatic heterocycles. The predicted molar refractivity (Wildman–Crippen MR) is 179 cm³/mol. The highest BCUT2D eigenvalue weighted by molar-refractivity contribution is 6.08. The van der Waals surface area contributed by atoms with Crippen molar-refractivity contribution < 1.29 is 52.3 Å². The summed E-state index contributed by atoms with van der Waals surface area (Å²) in [5.41, 5.74) is 2.76. The van der Waals surface area contributed by atoms with Gasteiger partial charge in [-0.3, -0.25) is 19.3 Å². The van der Waals surface area contributed by atoms with Crippen molar-refractivity contribution in [3.63, 3.8) is 0 Å². The lowest BCUT2D eigenvalue weighted by atomic mass is 9.66. The average Bonchev–Trinajstić information content (AvgIpc) is 3.85. The Morgan fingerprint density at radius 3 is 2.06 bits per heavy atom. The minimum absolute atomic E-state index is 0.00704. The quantitative estimate of drug-likeness (QED) is 0.227. The second kappa shape index (κ2) is 13.1. The van der Waals surface area contributed by atoms with Crippen LogP contribution < -0.4 is 23.7 Å². The number of methoxy groups -OCH3 is 3. The first-order valence-corrected chi connectivity index (χ1v) is 17.3. The summed E-state index contributed by atoms with van der Waals surface area (Å²) in [4.78, 5) is 57.2. The maximum atomic E-state index is 14.6. The molecule has 3 heterocycles. The molecule has 51 heavy (non-hydrogen) atoms. The molecule has 7 atom stereocenters. The summed E-state index contributed by atoms with van der Waals surface area (Å²) in [5.74, 6) is -2.47. The van der Waals surface area contributed by atoms with Crippen LogP contribution in [0.25, 0.3) is 0 Å². The van der Waals surface area contributed by atoms with Crippen LogP contribution in [-0.4, -0.2) is 69.4 Å². The number of rotatable bonds is 9. The van der Waals surface area contributed by atoms with Crippen LogP contribution >= 0.6 is 0 Å². The molecule has 3 aromatic rings. The highest BCUT2D eigenvalue weighted by Crippen LogP contribution is 2.57. The Morgan fingerprint density at radius 1 is 0.824 bits per heavy atom. The topological polar surface area (TPSA) is 136 Å². The number of carbonyl (C=O) groups is 4. The molecule has 0 radical (unpaired) electrons. The predicted octanol–water partition coefficient (Wildman–Crippen LogP) is 4.75. The number of imide groups is 1. The number of nitrogens with zero attached hydrogens (tertiary/aromatic N) is 1. The van der Waals surface area contributed by atoms with E-state index in [2.05, 4.69) is 0 Å². The first kappa shape index (κ1) is 32.9. The summed E-state index contributed by atoms with van der Waals surface area (Å²) < 4.78 is 40.6. The SMILES string of the molecule is COc1cc(C2c3cc4c(cc3[C@H](OC(=O)[C@@H](Cc3ccccc3)N3C(=O)C5CCCCC5C3=O)[C@H]3COC(=O)[C@H]23)OCO4)cc(OC)c1OC. The molecule has 2 aliphatic carbocycles. The van der Waals surface area contributed by atoms with Crippen molar-refractivity contribution in [1.82, 2.24) is 4.90 Å². The van der Waals surface area contributed by atoms with Crippen LogP contribution in [0.1, 0.15) is 60.0 Å². The molecule has 2 saturated heterocycles. The van der Waals surface area contributed by atoms with Crippen molar-refractivity contribution in [3.8, 4) is 28.7 Å². The van der Waals surface area contributed by atoms with Gasteiger partial charge in [-0.25, -0.2) is 4.79 Å². The number of esters is 2. The Kier molecular flexibility index (Phi) is 8.47. The zero-order valence-corrected chi connectivity index (χ0v) is 28.6. The van der Waals surface area contributed by atoms with E-state index in [1.807, 2.05) is 36.4 Å². The number of benzene rings is 3. The van der Waals surface area contributed by atoms with Crippen LogP contribution in [0.2, 0.25) is 0 Å². The van der Waals surface area contributed by atoms with Crippen LogP contribution in [-0.2, 0) is 35.1 Å². The molecular formula is C39H39NO11. The number of ether oxygens (including phenoxy) is 7. The van der Waals surface area contributed by atoms with Crippen molar-refractivity contribution in [2.45, 2.75) is 50.2 Å². The largest absolute Gasteiger partial charge is 0.493 e. The number of fused-ring (bicyclic) bond motifs is 4. The number of hydrogen-bond donors (Lipinski definition) is 0. The molecule has 1 saturated carbocycles. The van der Waals surface area contributed by atoms with E-state index in [1.165, 1.54) is 21.3 Å². The van der Waals surface area contributed by atoms with Gasteiger partial charge in [0.1, 0.15) is 12.1 Å². The molecule has 0 N–H and O–H groups in total. The van der Waals surface area contributed by atoms with Gasteiger partial charge in [-0.2, -0.15) is 0 Å². The van der Waals surface area contributed by atoms with E-state index in [9.17, 15) is 19.2 Å². The average molecular weight is 698 g/mol. The highest BCUT2D eigenvalue weighted by Gasteiger charge is 2.56. The zero-order chi connectivity index (χ0) is 35.4. The lowest BCUT2D eigenvalue weighted by molar-refractivity contribution is -0.166. The first-order valence-electron chi connectivity index (χ1n) is 17.3. The third kappa shape index (κ3) is 5.42. The van der Waals surface area contributed by atoms with Gasteiger partial charge in [0.2, 0.25) is 24.4 Å². The third-order valence-electron chi connectivity index (χ3n) is 11.1. The Morgan fingerprint density at radius 2 is 1.45 bits per heavy atom. The van der Waals surface area contributed by atoms with Gasteiger partial charge in [0.25, 0.3) is 0 Å².